The maximum absolute atomic E-state index is 4.87. The van der Waals surface area contributed by atoms with Gasteiger partial charge in [-0.05, 0) is 49.8 Å². The van der Waals surface area contributed by atoms with Crippen LogP contribution in [0.5, 0.6) is 0 Å². The Balaban J connectivity index is 1.49. The third-order valence-electron chi connectivity index (χ3n) is 5.01. The lowest BCUT2D eigenvalue weighted by Crippen LogP contribution is -2.31. The quantitative estimate of drug-likeness (QED) is 0.659. The molecule has 4 heteroatoms. The molecule has 4 rings (SSSR count). The van der Waals surface area contributed by atoms with Gasteiger partial charge in [-0.3, -0.25) is 0 Å². The molecule has 1 saturated heterocycles. The largest absolute Gasteiger partial charge is 0.369 e. The molecule has 0 amide bonds. The van der Waals surface area contributed by atoms with Crippen LogP contribution in [-0.2, 0) is 6.42 Å². The van der Waals surface area contributed by atoms with Crippen molar-refractivity contribution in [3.63, 3.8) is 0 Å². The molecule has 0 unspecified atom stereocenters. The zero-order valence-electron chi connectivity index (χ0n) is 15.2. The van der Waals surface area contributed by atoms with E-state index in [1.807, 2.05) is 0 Å². The minimum Gasteiger partial charge on any atom is -0.369 e. The van der Waals surface area contributed by atoms with Crippen molar-refractivity contribution in [3.8, 4) is 0 Å². The van der Waals surface area contributed by atoms with Crippen LogP contribution in [0.15, 0.2) is 54.6 Å². The fraction of sp³-hybridized carbons (Fsp3) is 0.364. The number of piperidine rings is 1. The topological polar surface area (TPSA) is 41.1 Å². The summed E-state index contributed by atoms with van der Waals surface area (Å²) < 4.78 is 0. The first-order valence-electron chi connectivity index (χ1n) is 9.70. The molecule has 0 spiro atoms. The monoisotopic (exact) mass is 346 g/mol. The molecule has 0 saturated carbocycles. The number of benzene rings is 2. The average Bonchev–Trinajstić information content (AvgIpc) is 2.72. The average molecular weight is 346 g/mol. The SMILES string of the molecule is c1ccc(CCCNc2nc(N3CCCCC3)nc3ccccc23)cc1. The van der Waals surface area contributed by atoms with E-state index in [1.165, 1.54) is 24.8 Å². The molecule has 0 radical (unpaired) electrons. The summed E-state index contributed by atoms with van der Waals surface area (Å²) in [5, 5.41) is 4.66. The molecule has 1 aromatic heterocycles. The van der Waals surface area contributed by atoms with E-state index in [1.54, 1.807) is 0 Å². The molecule has 2 heterocycles. The zero-order chi connectivity index (χ0) is 17.6. The second-order valence-electron chi connectivity index (χ2n) is 6.95. The van der Waals surface area contributed by atoms with Crippen molar-refractivity contribution in [1.82, 2.24) is 9.97 Å². The van der Waals surface area contributed by atoms with Gasteiger partial charge in [-0.25, -0.2) is 4.98 Å². The molecule has 2 aromatic carbocycles. The molecule has 3 aromatic rings. The number of rotatable bonds is 6. The van der Waals surface area contributed by atoms with Crippen LogP contribution in [0.4, 0.5) is 11.8 Å². The van der Waals surface area contributed by atoms with Crippen molar-refractivity contribution in [3.05, 3.63) is 60.2 Å². The minimum atomic E-state index is 0.869. The number of aromatic nitrogens is 2. The van der Waals surface area contributed by atoms with Crippen LogP contribution in [0.25, 0.3) is 10.9 Å². The molecular formula is C22H26N4. The Morgan fingerprint density at radius 2 is 1.62 bits per heavy atom. The maximum atomic E-state index is 4.87. The van der Waals surface area contributed by atoms with Crippen LogP contribution in [0.2, 0.25) is 0 Å². The van der Waals surface area contributed by atoms with Crippen molar-refractivity contribution < 1.29 is 0 Å². The Bertz CT molecular complexity index is 841. The van der Waals surface area contributed by atoms with Crippen molar-refractivity contribution in [2.24, 2.45) is 0 Å². The van der Waals surface area contributed by atoms with Gasteiger partial charge in [0.2, 0.25) is 5.95 Å². The smallest absolute Gasteiger partial charge is 0.227 e. The maximum Gasteiger partial charge on any atom is 0.227 e. The molecule has 1 aliphatic rings. The van der Waals surface area contributed by atoms with Gasteiger partial charge in [-0.1, -0.05) is 42.5 Å². The van der Waals surface area contributed by atoms with Gasteiger partial charge < -0.3 is 10.2 Å². The van der Waals surface area contributed by atoms with E-state index in [2.05, 4.69) is 64.8 Å². The Hall–Kier alpha value is -2.62. The fourth-order valence-electron chi connectivity index (χ4n) is 3.58. The van der Waals surface area contributed by atoms with E-state index in [-0.39, 0.29) is 0 Å². The third-order valence-corrected chi connectivity index (χ3v) is 5.01. The summed E-state index contributed by atoms with van der Waals surface area (Å²) in [6.45, 7) is 3.03. The highest BCUT2D eigenvalue weighted by atomic mass is 15.3. The van der Waals surface area contributed by atoms with E-state index in [9.17, 15) is 0 Å². The molecule has 134 valence electrons. The number of nitrogens with zero attached hydrogens (tertiary/aromatic N) is 3. The van der Waals surface area contributed by atoms with Crippen molar-refractivity contribution in [2.75, 3.05) is 29.9 Å². The number of anilines is 2. The summed E-state index contributed by atoms with van der Waals surface area (Å²) in [4.78, 5) is 12.0. The Labute approximate surface area is 155 Å². The molecule has 0 bridgehead atoms. The van der Waals surface area contributed by atoms with E-state index < -0.39 is 0 Å². The van der Waals surface area contributed by atoms with Gasteiger partial charge in [0.25, 0.3) is 0 Å². The Morgan fingerprint density at radius 1 is 0.846 bits per heavy atom. The van der Waals surface area contributed by atoms with Crippen molar-refractivity contribution in [2.45, 2.75) is 32.1 Å². The Kier molecular flexibility index (Phi) is 5.29. The zero-order valence-corrected chi connectivity index (χ0v) is 15.2. The van der Waals surface area contributed by atoms with Gasteiger partial charge in [0, 0.05) is 25.0 Å². The van der Waals surface area contributed by atoms with Crippen LogP contribution in [0.1, 0.15) is 31.2 Å². The number of hydrogen-bond donors (Lipinski definition) is 1. The van der Waals surface area contributed by atoms with Gasteiger partial charge in [0.15, 0.2) is 0 Å². The van der Waals surface area contributed by atoms with Crippen LogP contribution >= 0.6 is 0 Å². The number of aryl methyl sites for hydroxylation is 1. The predicted octanol–water partition coefficient (Wildman–Crippen LogP) is 4.66. The van der Waals surface area contributed by atoms with E-state index in [0.29, 0.717) is 0 Å². The number of nitrogens with one attached hydrogen (secondary N) is 1. The first-order valence-corrected chi connectivity index (χ1v) is 9.70. The van der Waals surface area contributed by atoms with Gasteiger partial charge in [0.1, 0.15) is 5.82 Å². The summed E-state index contributed by atoms with van der Waals surface area (Å²) in [6, 6.07) is 18.9. The fourth-order valence-corrected chi connectivity index (χ4v) is 3.58. The van der Waals surface area contributed by atoms with Crippen LogP contribution in [0.3, 0.4) is 0 Å². The molecule has 0 atom stereocenters. The summed E-state index contributed by atoms with van der Waals surface area (Å²) in [5.41, 5.74) is 2.41. The van der Waals surface area contributed by atoms with Gasteiger partial charge >= 0.3 is 0 Å². The lowest BCUT2D eigenvalue weighted by molar-refractivity contribution is 0.569. The first kappa shape index (κ1) is 16.8. The van der Waals surface area contributed by atoms with Crippen LogP contribution < -0.4 is 10.2 Å². The van der Waals surface area contributed by atoms with Crippen LogP contribution in [0, 0.1) is 0 Å². The summed E-state index contributed by atoms with van der Waals surface area (Å²) in [7, 11) is 0. The molecule has 1 aliphatic heterocycles. The minimum absolute atomic E-state index is 0.869. The van der Waals surface area contributed by atoms with E-state index in [4.69, 9.17) is 9.97 Å². The normalized spacial score (nSPS) is 14.5. The summed E-state index contributed by atoms with van der Waals surface area (Å²) >= 11 is 0. The lowest BCUT2D eigenvalue weighted by atomic mass is 10.1. The molecule has 26 heavy (non-hydrogen) atoms. The summed E-state index contributed by atoms with van der Waals surface area (Å²) in [6.07, 6.45) is 5.94. The highest BCUT2D eigenvalue weighted by molar-refractivity contribution is 5.90. The number of hydrogen-bond acceptors (Lipinski definition) is 4. The van der Waals surface area contributed by atoms with Gasteiger partial charge in [0.05, 0.1) is 5.52 Å². The molecule has 4 nitrogen and oxygen atoms in total. The highest BCUT2D eigenvalue weighted by Crippen LogP contribution is 2.25. The number of fused-ring (bicyclic) bond motifs is 1. The van der Waals surface area contributed by atoms with Crippen LogP contribution in [-0.4, -0.2) is 29.6 Å². The standard InChI is InChI=1S/C22H26N4/c1-3-10-18(11-4-1)12-9-15-23-21-19-13-5-6-14-20(19)24-22(25-21)26-16-7-2-8-17-26/h1,3-6,10-11,13-14H,2,7-9,12,15-17H2,(H,23,24,25). The molecule has 0 aliphatic carbocycles. The predicted molar refractivity (Wildman–Crippen MR) is 109 cm³/mol. The molecular weight excluding hydrogens is 320 g/mol. The third kappa shape index (κ3) is 3.96. The molecule has 1 N–H and O–H groups in total. The lowest BCUT2D eigenvalue weighted by Gasteiger charge is -2.27. The van der Waals surface area contributed by atoms with E-state index in [0.717, 1.165) is 55.1 Å². The highest BCUT2D eigenvalue weighted by Gasteiger charge is 2.16. The first-order chi connectivity index (χ1) is 12.9. The Morgan fingerprint density at radius 3 is 2.46 bits per heavy atom. The second-order valence-corrected chi connectivity index (χ2v) is 6.95. The van der Waals surface area contributed by atoms with E-state index >= 15 is 0 Å². The van der Waals surface area contributed by atoms with Gasteiger partial charge in [-0.2, -0.15) is 4.98 Å². The second kappa shape index (κ2) is 8.17. The number of para-hydroxylation sites is 1. The summed E-state index contributed by atoms with van der Waals surface area (Å²) in [5.74, 6) is 1.83. The molecule has 1 fully saturated rings. The van der Waals surface area contributed by atoms with Gasteiger partial charge in [-0.15, -0.1) is 0 Å². The van der Waals surface area contributed by atoms with Crippen molar-refractivity contribution >= 4 is 22.7 Å². The van der Waals surface area contributed by atoms with Crippen molar-refractivity contribution in [1.29, 1.82) is 0 Å².